The molecule has 0 radical (unpaired) electrons. The monoisotopic (exact) mass is 780 g/mol. The fourth-order valence-electron chi connectivity index (χ4n) is 5.12. The Labute approximate surface area is 289 Å². The second-order valence-electron chi connectivity index (χ2n) is 10.2. The lowest BCUT2D eigenvalue weighted by atomic mass is 9.93. The topological polar surface area (TPSA) is 69.9 Å². The van der Waals surface area contributed by atoms with E-state index in [1.807, 2.05) is 66.7 Å². The molecular formula is C35H24Br2ClFN2O4S. The minimum absolute atomic E-state index is 0.132. The molecule has 0 saturated heterocycles. The fourth-order valence-corrected chi connectivity index (χ4v) is 7.76. The zero-order valence-corrected chi connectivity index (χ0v) is 28.9. The van der Waals surface area contributed by atoms with Crippen molar-refractivity contribution < 1.29 is 18.7 Å². The van der Waals surface area contributed by atoms with Crippen LogP contribution in [0, 0.1) is 5.82 Å². The number of hydrogen-bond acceptors (Lipinski definition) is 6. The summed E-state index contributed by atoms with van der Waals surface area (Å²) in [5, 5.41) is 0.613. The first kappa shape index (κ1) is 32.1. The van der Waals surface area contributed by atoms with Gasteiger partial charge in [-0.2, -0.15) is 0 Å². The van der Waals surface area contributed by atoms with Crippen LogP contribution in [0.25, 0.3) is 11.8 Å². The van der Waals surface area contributed by atoms with E-state index in [9.17, 15) is 14.0 Å². The summed E-state index contributed by atoms with van der Waals surface area (Å²) in [6.45, 7) is 2.11. The molecule has 46 heavy (non-hydrogen) atoms. The first-order chi connectivity index (χ1) is 22.2. The molecule has 11 heteroatoms. The smallest absolute Gasteiger partial charge is 0.338 e. The summed E-state index contributed by atoms with van der Waals surface area (Å²) in [6.07, 6.45) is 1.76. The molecule has 6 rings (SSSR count). The van der Waals surface area contributed by atoms with E-state index in [0.29, 0.717) is 45.9 Å². The maximum Gasteiger partial charge on any atom is 0.338 e. The Morgan fingerprint density at radius 1 is 1.02 bits per heavy atom. The number of carbonyl (C=O) groups excluding carboxylic acids is 1. The number of thiazole rings is 1. The van der Waals surface area contributed by atoms with Crippen LogP contribution in [-0.2, 0) is 16.1 Å². The van der Waals surface area contributed by atoms with Crippen LogP contribution in [0.4, 0.5) is 4.39 Å². The lowest BCUT2D eigenvalue weighted by molar-refractivity contribution is -0.138. The van der Waals surface area contributed by atoms with Gasteiger partial charge in [0.1, 0.15) is 18.2 Å². The van der Waals surface area contributed by atoms with Crippen molar-refractivity contribution in [2.24, 2.45) is 4.99 Å². The molecule has 232 valence electrons. The molecule has 0 spiro atoms. The maximum atomic E-state index is 14.1. The zero-order chi connectivity index (χ0) is 32.4. The quantitative estimate of drug-likeness (QED) is 0.151. The Bertz CT molecular complexity index is 2140. The second-order valence-corrected chi connectivity index (χ2v) is 13.3. The highest BCUT2D eigenvalue weighted by atomic mass is 79.9. The normalized spacial score (nSPS) is 14.5. The molecule has 0 bridgehead atoms. The number of esters is 1. The van der Waals surface area contributed by atoms with Gasteiger partial charge in [-0.15, -0.1) is 0 Å². The van der Waals surface area contributed by atoms with Gasteiger partial charge in [-0.05, 0) is 86.3 Å². The first-order valence-corrected chi connectivity index (χ1v) is 16.9. The van der Waals surface area contributed by atoms with Gasteiger partial charge in [-0.1, -0.05) is 83.6 Å². The van der Waals surface area contributed by atoms with Crippen molar-refractivity contribution in [1.29, 1.82) is 0 Å². The molecule has 0 N–H and O–H groups in total. The molecule has 0 aliphatic carbocycles. The van der Waals surface area contributed by atoms with Gasteiger partial charge in [0.15, 0.2) is 4.80 Å². The van der Waals surface area contributed by atoms with Crippen molar-refractivity contribution in [1.82, 2.24) is 4.57 Å². The number of rotatable bonds is 8. The SMILES string of the molecule is CCOC(=O)C1=C(c2ccccc2)N=c2s/c(=C\c3cc(Br)c(OCc4ccccc4Cl)c(Br)c3)c(=O)n2[C@@H]1c1ccc(F)cc1. The van der Waals surface area contributed by atoms with E-state index in [-0.39, 0.29) is 24.3 Å². The highest BCUT2D eigenvalue weighted by molar-refractivity contribution is 9.11. The average Bonchev–Trinajstić information content (AvgIpc) is 3.35. The van der Waals surface area contributed by atoms with Crippen molar-refractivity contribution in [2.75, 3.05) is 6.61 Å². The van der Waals surface area contributed by atoms with Crippen LogP contribution in [0.3, 0.4) is 0 Å². The lowest BCUT2D eigenvalue weighted by Gasteiger charge is -2.25. The van der Waals surface area contributed by atoms with E-state index in [4.69, 9.17) is 26.1 Å². The predicted molar refractivity (Wildman–Crippen MR) is 185 cm³/mol. The summed E-state index contributed by atoms with van der Waals surface area (Å²) in [5.41, 5.74) is 3.05. The number of carbonyl (C=O) groups is 1. The number of fused-ring (bicyclic) bond motifs is 1. The molecule has 1 aliphatic heterocycles. The molecule has 2 heterocycles. The van der Waals surface area contributed by atoms with Crippen LogP contribution in [0.15, 0.2) is 115 Å². The fraction of sp³-hybridized carbons (Fsp3) is 0.114. The van der Waals surface area contributed by atoms with E-state index in [1.54, 1.807) is 25.1 Å². The van der Waals surface area contributed by atoms with Gasteiger partial charge in [0.2, 0.25) is 0 Å². The van der Waals surface area contributed by atoms with Gasteiger partial charge in [0, 0.05) is 16.1 Å². The summed E-state index contributed by atoms with van der Waals surface area (Å²) in [5.74, 6) is -0.452. The van der Waals surface area contributed by atoms with Crippen LogP contribution >= 0.6 is 54.8 Å². The maximum absolute atomic E-state index is 14.1. The van der Waals surface area contributed by atoms with Crippen molar-refractivity contribution >= 4 is 72.5 Å². The van der Waals surface area contributed by atoms with Crippen molar-refractivity contribution in [2.45, 2.75) is 19.6 Å². The number of hydrogen-bond donors (Lipinski definition) is 0. The molecule has 4 aromatic carbocycles. The highest BCUT2D eigenvalue weighted by Gasteiger charge is 2.35. The van der Waals surface area contributed by atoms with Crippen LogP contribution in [0.2, 0.25) is 5.02 Å². The van der Waals surface area contributed by atoms with Gasteiger partial charge in [-0.25, -0.2) is 14.2 Å². The van der Waals surface area contributed by atoms with Crippen molar-refractivity contribution in [3.63, 3.8) is 0 Å². The molecular weight excluding hydrogens is 759 g/mol. The number of nitrogens with zero attached hydrogens (tertiary/aromatic N) is 2. The number of aromatic nitrogens is 1. The van der Waals surface area contributed by atoms with Crippen molar-refractivity contribution in [3.05, 3.63) is 158 Å². The largest absolute Gasteiger partial charge is 0.486 e. The molecule has 0 amide bonds. The van der Waals surface area contributed by atoms with Gasteiger partial charge in [0.25, 0.3) is 5.56 Å². The standard InChI is InChI=1S/C35H24Br2ClFN2O4S/c1-2-44-34(43)29-30(21-8-4-3-5-9-21)40-35-41(31(29)22-12-14-24(39)15-13-22)33(42)28(46-35)18-20-16-25(36)32(26(37)17-20)45-19-23-10-6-7-11-27(23)38/h3-18,31H,2,19H2,1H3/b28-18-/t31-/m1/s1. The molecule has 6 nitrogen and oxygen atoms in total. The lowest BCUT2D eigenvalue weighted by Crippen LogP contribution is -2.40. The van der Waals surface area contributed by atoms with Crippen LogP contribution in [-0.4, -0.2) is 17.1 Å². The Morgan fingerprint density at radius 2 is 1.70 bits per heavy atom. The summed E-state index contributed by atoms with van der Waals surface area (Å²) in [4.78, 5) is 32.9. The predicted octanol–water partition coefficient (Wildman–Crippen LogP) is 7.83. The highest BCUT2D eigenvalue weighted by Crippen LogP contribution is 2.37. The van der Waals surface area contributed by atoms with E-state index in [2.05, 4.69) is 31.9 Å². The zero-order valence-electron chi connectivity index (χ0n) is 24.2. The van der Waals surface area contributed by atoms with Crippen LogP contribution in [0.1, 0.15) is 35.2 Å². The molecule has 0 unspecified atom stereocenters. The molecule has 5 aromatic rings. The molecule has 1 aromatic heterocycles. The van der Waals surface area contributed by atoms with Gasteiger partial charge >= 0.3 is 5.97 Å². The third-order valence-electron chi connectivity index (χ3n) is 7.21. The minimum atomic E-state index is -0.896. The molecule has 0 fully saturated rings. The summed E-state index contributed by atoms with van der Waals surface area (Å²) >= 11 is 14.7. The Kier molecular flexibility index (Phi) is 9.70. The third-order valence-corrected chi connectivity index (χ3v) is 9.74. The Balaban J connectivity index is 1.48. The number of ether oxygens (including phenoxy) is 2. The van der Waals surface area contributed by atoms with Crippen LogP contribution < -0.4 is 19.6 Å². The van der Waals surface area contributed by atoms with Gasteiger partial charge in [0.05, 0.1) is 37.4 Å². The van der Waals surface area contributed by atoms with E-state index in [1.165, 1.54) is 28.0 Å². The summed E-state index contributed by atoms with van der Waals surface area (Å²) in [6, 6.07) is 25.3. The molecule has 0 saturated carbocycles. The van der Waals surface area contributed by atoms with Gasteiger partial charge in [-0.3, -0.25) is 9.36 Å². The number of benzene rings is 4. The van der Waals surface area contributed by atoms with Crippen molar-refractivity contribution in [3.8, 4) is 5.75 Å². The second kappa shape index (κ2) is 13.9. The summed E-state index contributed by atoms with van der Waals surface area (Å²) in [7, 11) is 0. The average molecular weight is 783 g/mol. The molecule has 1 atom stereocenters. The third kappa shape index (κ3) is 6.53. The minimum Gasteiger partial charge on any atom is -0.486 e. The first-order valence-electron chi connectivity index (χ1n) is 14.1. The Morgan fingerprint density at radius 3 is 2.37 bits per heavy atom. The van der Waals surface area contributed by atoms with Crippen LogP contribution in [0.5, 0.6) is 5.75 Å². The van der Waals surface area contributed by atoms with E-state index in [0.717, 1.165) is 11.1 Å². The Hall–Kier alpha value is -3.83. The van der Waals surface area contributed by atoms with E-state index >= 15 is 0 Å². The number of halogens is 4. The summed E-state index contributed by atoms with van der Waals surface area (Å²) < 4.78 is 28.8. The molecule has 1 aliphatic rings. The van der Waals surface area contributed by atoms with Gasteiger partial charge < -0.3 is 9.47 Å². The van der Waals surface area contributed by atoms with E-state index < -0.39 is 17.8 Å².